The molecule has 1 saturated heterocycles. The van der Waals surface area contributed by atoms with Crippen molar-refractivity contribution >= 4 is 59.3 Å². The molecule has 0 aromatic heterocycles. The maximum absolute atomic E-state index is 14.4. The number of aliphatic hydroxyl groups is 4. The van der Waals surface area contributed by atoms with Crippen LogP contribution in [0.4, 0.5) is 4.79 Å². The lowest BCUT2D eigenvalue weighted by Gasteiger charge is -2.32. The molecule has 0 bridgehead atoms. The number of hydrogen-bond acceptors (Lipinski definition) is 16. The predicted octanol–water partition coefficient (Wildman–Crippen LogP) is -3.51. The van der Waals surface area contributed by atoms with Crippen LogP contribution < -0.4 is 58.9 Å². The minimum atomic E-state index is -1.81. The molecule has 2 aromatic rings. The first-order chi connectivity index (χ1) is 36.4. The zero-order valence-electron chi connectivity index (χ0n) is 44.4. The smallest absolute Gasteiger partial charge is 0.407 e. The molecular weight excluding hydrogens is 1010 g/mol. The number of hydrogen-bond donors (Lipinski definition) is 15. The number of nitrogens with two attached hydrogens (primary N) is 1. The zero-order chi connectivity index (χ0) is 57.5. The monoisotopic (exact) mass is 1080 g/mol. The summed E-state index contributed by atoms with van der Waals surface area (Å²) in [6.07, 6.45) is -4.23. The van der Waals surface area contributed by atoms with Crippen molar-refractivity contribution in [1.82, 2.24) is 53.2 Å². The number of rotatable bonds is 15. The number of alkyl carbamates (subject to hydrolysis) is 1. The molecule has 3 rings (SSSR count). The van der Waals surface area contributed by atoms with E-state index in [1.54, 1.807) is 90.1 Å². The summed E-state index contributed by atoms with van der Waals surface area (Å²) >= 11 is 0. The Morgan fingerprint density at radius 2 is 1.13 bits per heavy atom. The maximum atomic E-state index is 14.4. The summed E-state index contributed by atoms with van der Waals surface area (Å²) in [5.74, 6) is -11.2. The molecule has 426 valence electrons. The fourth-order valence-corrected chi connectivity index (χ4v) is 7.77. The predicted molar refractivity (Wildman–Crippen MR) is 277 cm³/mol. The van der Waals surface area contributed by atoms with E-state index in [2.05, 4.69) is 53.2 Å². The van der Waals surface area contributed by atoms with Crippen LogP contribution in [0.1, 0.15) is 84.9 Å². The number of carbonyl (C=O) groups excluding carboxylic acids is 10. The summed E-state index contributed by atoms with van der Waals surface area (Å²) < 4.78 is 5.30. The summed E-state index contributed by atoms with van der Waals surface area (Å²) in [5.41, 5.74) is 7.44. The van der Waals surface area contributed by atoms with Crippen LogP contribution >= 0.6 is 0 Å². The lowest BCUT2D eigenvalue weighted by atomic mass is 9.95. The Labute approximate surface area is 446 Å². The van der Waals surface area contributed by atoms with Gasteiger partial charge in [0, 0.05) is 6.54 Å². The first-order valence-corrected chi connectivity index (χ1v) is 25.4. The van der Waals surface area contributed by atoms with Crippen LogP contribution in [0.3, 0.4) is 0 Å². The van der Waals surface area contributed by atoms with Crippen molar-refractivity contribution in [2.45, 2.75) is 141 Å². The van der Waals surface area contributed by atoms with Gasteiger partial charge in [-0.2, -0.15) is 0 Å². The molecule has 77 heavy (non-hydrogen) atoms. The van der Waals surface area contributed by atoms with Gasteiger partial charge in [-0.1, -0.05) is 109 Å². The standard InChI is InChI=1S/C51H77N11O15/c1-8-28(6)38-49(74)60-39(29(7)65)48(73)54-22-36(66)55-34(23-63)45(70)58-35(24-64)46(71)61-40(31-17-13-10-14-18-31)37(52)47(72)62-41(42(67)27(4)5)50(75)57-33(21-26(2)3)44(69)56-32(43(68)59-38)19-20-53-51(76)77-25-30-15-11-9-12-16-30/h9-18,26-29,32-35,37-42,63-65,67H,8,19-25,52H2,1-7H3,(H,53,76)(H,54,73)(H,55,66)(H,56,69)(H,57,75)(H,58,70)(H,59,68)(H,60,74)(H,61,71)(H,62,72)/t28-,29-,32+,33-,34-,35?,37-,38-,39-,40+,41-,42+/m0/s1. The van der Waals surface area contributed by atoms with Crippen LogP contribution in [0.2, 0.25) is 0 Å². The normalized spacial score (nSPS) is 25.6. The minimum Gasteiger partial charge on any atom is -0.445 e. The minimum absolute atomic E-state index is 0.0694. The zero-order valence-corrected chi connectivity index (χ0v) is 44.4. The van der Waals surface area contributed by atoms with E-state index in [1.807, 2.05) is 0 Å². The number of aliphatic hydroxyl groups excluding tert-OH is 4. The Balaban J connectivity index is 2.15. The SMILES string of the molecule is CC[C@H](C)[C@@H]1NC(=O)[C@@H](CCNC(=O)OCc2ccccc2)NC(=O)[C@H](CC(C)C)NC(=O)[C@H]([C@H](O)C(C)C)NC(=O)[C@@H](N)[C@@H](c2ccccc2)NC(=O)C(CO)NC(=O)[C@H](CO)NC(=O)CNC(=O)[C@H]([C@H](C)O)NC1=O. The molecule has 0 spiro atoms. The van der Waals surface area contributed by atoms with Crippen molar-refractivity contribution in [3.05, 3.63) is 71.8 Å². The fourth-order valence-electron chi connectivity index (χ4n) is 7.77. The Hall–Kier alpha value is -7.26. The third-order valence-corrected chi connectivity index (χ3v) is 12.5. The largest absolute Gasteiger partial charge is 0.445 e. The van der Waals surface area contributed by atoms with Crippen LogP contribution in [-0.2, 0) is 54.5 Å². The van der Waals surface area contributed by atoms with Crippen molar-refractivity contribution in [2.75, 3.05) is 26.3 Å². The first kappa shape index (κ1) is 64.0. The van der Waals surface area contributed by atoms with E-state index in [1.165, 1.54) is 12.1 Å². The lowest BCUT2D eigenvalue weighted by molar-refractivity contribution is -0.138. The molecule has 16 N–H and O–H groups in total. The molecule has 12 atom stereocenters. The molecule has 1 aliphatic heterocycles. The highest BCUT2D eigenvalue weighted by Gasteiger charge is 2.39. The molecule has 1 aliphatic rings. The van der Waals surface area contributed by atoms with E-state index in [4.69, 9.17) is 10.5 Å². The summed E-state index contributed by atoms with van der Waals surface area (Å²) in [4.78, 5) is 138. The highest BCUT2D eigenvalue weighted by atomic mass is 16.5. The summed E-state index contributed by atoms with van der Waals surface area (Å²) in [6.45, 7) is 7.67. The summed E-state index contributed by atoms with van der Waals surface area (Å²) in [6, 6.07) is 1.70. The number of ether oxygens (including phenoxy) is 1. The number of nitrogens with one attached hydrogen (secondary N) is 10. The van der Waals surface area contributed by atoms with Gasteiger partial charge in [-0.3, -0.25) is 43.2 Å². The van der Waals surface area contributed by atoms with Gasteiger partial charge in [-0.25, -0.2) is 4.79 Å². The van der Waals surface area contributed by atoms with E-state index < -0.39 is 157 Å². The van der Waals surface area contributed by atoms with Gasteiger partial charge in [0.15, 0.2) is 0 Å². The van der Waals surface area contributed by atoms with Gasteiger partial charge < -0.3 is 84.1 Å². The summed E-state index contributed by atoms with van der Waals surface area (Å²) in [5, 5.41) is 66.7. The topological polar surface area (TPSA) is 407 Å². The molecule has 10 amide bonds. The van der Waals surface area contributed by atoms with Gasteiger partial charge in [0.05, 0.1) is 38.0 Å². The highest BCUT2D eigenvalue weighted by molar-refractivity contribution is 5.98. The third-order valence-electron chi connectivity index (χ3n) is 12.5. The van der Waals surface area contributed by atoms with Gasteiger partial charge in [0.1, 0.15) is 54.9 Å². The Morgan fingerprint density at radius 3 is 1.70 bits per heavy atom. The van der Waals surface area contributed by atoms with Gasteiger partial charge in [0.2, 0.25) is 53.2 Å². The molecular formula is C51H77N11O15. The molecule has 26 nitrogen and oxygen atoms in total. The quantitative estimate of drug-likeness (QED) is 0.0822. The Morgan fingerprint density at radius 1 is 0.623 bits per heavy atom. The second-order valence-corrected chi connectivity index (χ2v) is 19.5. The van der Waals surface area contributed by atoms with Crippen molar-refractivity contribution in [1.29, 1.82) is 0 Å². The Kier molecular flexibility index (Phi) is 26.4. The van der Waals surface area contributed by atoms with Gasteiger partial charge in [-0.15, -0.1) is 0 Å². The van der Waals surface area contributed by atoms with Crippen LogP contribution in [0.5, 0.6) is 0 Å². The van der Waals surface area contributed by atoms with Crippen molar-refractivity contribution in [2.24, 2.45) is 23.5 Å². The van der Waals surface area contributed by atoms with Crippen LogP contribution in [-0.4, -0.2) is 167 Å². The van der Waals surface area contributed by atoms with Crippen LogP contribution in [0.25, 0.3) is 0 Å². The van der Waals surface area contributed by atoms with Gasteiger partial charge >= 0.3 is 6.09 Å². The van der Waals surface area contributed by atoms with Gasteiger partial charge in [-0.05, 0) is 48.6 Å². The van der Waals surface area contributed by atoms with E-state index in [9.17, 15) is 68.4 Å². The van der Waals surface area contributed by atoms with Crippen LogP contribution in [0.15, 0.2) is 60.7 Å². The number of amides is 10. The molecule has 26 heteroatoms. The van der Waals surface area contributed by atoms with E-state index >= 15 is 0 Å². The van der Waals surface area contributed by atoms with Crippen LogP contribution in [0, 0.1) is 17.8 Å². The molecule has 1 fully saturated rings. The molecule has 0 aliphatic carbocycles. The molecule has 2 aromatic carbocycles. The van der Waals surface area contributed by atoms with E-state index in [0.29, 0.717) is 5.56 Å². The average molecular weight is 1080 g/mol. The molecule has 1 heterocycles. The maximum Gasteiger partial charge on any atom is 0.407 e. The van der Waals surface area contributed by atoms with Crippen molar-refractivity contribution in [3.8, 4) is 0 Å². The highest BCUT2D eigenvalue weighted by Crippen LogP contribution is 2.18. The van der Waals surface area contributed by atoms with E-state index in [0.717, 1.165) is 6.92 Å². The number of benzene rings is 2. The number of carbonyl (C=O) groups is 10. The summed E-state index contributed by atoms with van der Waals surface area (Å²) in [7, 11) is 0. The Bertz CT molecular complexity index is 2310. The fraction of sp³-hybridized carbons (Fsp3) is 0.569. The van der Waals surface area contributed by atoms with Gasteiger partial charge in [0.25, 0.3) is 0 Å². The molecule has 0 saturated carbocycles. The first-order valence-electron chi connectivity index (χ1n) is 25.4. The average Bonchev–Trinajstić information content (AvgIpc) is 3.40. The van der Waals surface area contributed by atoms with Crippen molar-refractivity contribution in [3.63, 3.8) is 0 Å². The third kappa shape index (κ3) is 20.3. The van der Waals surface area contributed by atoms with Crippen molar-refractivity contribution < 1.29 is 73.1 Å². The lowest BCUT2D eigenvalue weighted by Crippen LogP contribution is -2.63. The second kappa shape index (κ2) is 31.7. The van der Waals surface area contributed by atoms with E-state index in [-0.39, 0.29) is 43.9 Å². The molecule has 1 unspecified atom stereocenters. The second-order valence-electron chi connectivity index (χ2n) is 19.5. The molecule has 0 radical (unpaired) electrons.